The molecular formula is C20H18N2O6. The number of aromatic nitrogens is 1. The fraction of sp³-hybridized carbons (Fsp3) is 0.200. The van der Waals surface area contributed by atoms with Gasteiger partial charge in [0.2, 0.25) is 0 Å². The number of non-ortho nitro benzene ring substituents is 1. The van der Waals surface area contributed by atoms with Crippen molar-refractivity contribution in [3.05, 3.63) is 58.3 Å². The quantitative estimate of drug-likeness (QED) is 0.362. The highest BCUT2D eigenvalue weighted by atomic mass is 16.6. The molecular weight excluding hydrogens is 364 g/mol. The summed E-state index contributed by atoms with van der Waals surface area (Å²) in [5, 5.41) is 12.5. The number of esters is 1. The first-order valence-corrected chi connectivity index (χ1v) is 8.36. The number of pyridine rings is 1. The Morgan fingerprint density at radius 3 is 2.29 bits per heavy atom. The minimum absolute atomic E-state index is 0.0108. The molecule has 8 heteroatoms. The summed E-state index contributed by atoms with van der Waals surface area (Å²) in [5.41, 5.74) is 1.81. The fourth-order valence-corrected chi connectivity index (χ4v) is 2.85. The third-order valence-corrected chi connectivity index (χ3v) is 4.16. The number of benzene rings is 2. The highest BCUT2D eigenvalue weighted by molar-refractivity contribution is 5.97. The van der Waals surface area contributed by atoms with Gasteiger partial charge in [-0.1, -0.05) is 0 Å². The Morgan fingerprint density at radius 1 is 1.07 bits per heavy atom. The topological polar surface area (TPSA) is 101 Å². The first-order chi connectivity index (χ1) is 13.4. The molecule has 0 saturated heterocycles. The number of nitrogens with zero attached hydrogens (tertiary/aromatic N) is 2. The van der Waals surface area contributed by atoms with Crippen LogP contribution in [0.15, 0.2) is 42.5 Å². The largest absolute Gasteiger partial charge is 0.493 e. The van der Waals surface area contributed by atoms with Crippen LogP contribution in [0.4, 0.5) is 5.69 Å². The molecule has 0 aliphatic carbocycles. The molecule has 0 saturated carbocycles. The molecule has 0 atom stereocenters. The molecule has 144 valence electrons. The normalized spacial score (nSPS) is 10.5. The summed E-state index contributed by atoms with van der Waals surface area (Å²) >= 11 is 0. The average Bonchev–Trinajstić information content (AvgIpc) is 2.70. The van der Waals surface area contributed by atoms with Gasteiger partial charge in [-0.3, -0.25) is 14.9 Å². The van der Waals surface area contributed by atoms with E-state index < -0.39 is 10.9 Å². The van der Waals surface area contributed by atoms with Crippen LogP contribution in [0.5, 0.6) is 11.5 Å². The van der Waals surface area contributed by atoms with Gasteiger partial charge in [0.15, 0.2) is 11.5 Å². The van der Waals surface area contributed by atoms with E-state index in [-0.39, 0.29) is 12.3 Å². The van der Waals surface area contributed by atoms with Crippen LogP contribution in [0.25, 0.3) is 22.0 Å². The Labute approximate surface area is 160 Å². The third kappa shape index (κ3) is 3.85. The van der Waals surface area contributed by atoms with Gasteiger partial charge >= 0.3 is 5.97 Å². The Hall–Kier alpha value is -3.68. The van der Waals surface area contributed by atoms with Crippen LogP contribution < -0.4 is 9.47 Å². The average molecular weight is 382 g/mol. The molecule has 0 aliphatic heterocycles. The fourth-order valence-electron chi connectivity index (χ4n) is 2.85. The van der Waals surface area contributed by atoms with Crippen molar-refractivity contribution in [2.24, 2.45) is 0 Å². The van der Waals surface area contributed by atoms with Gasteiger partial charge in [-0.2, -0.15) is 0 Å². The van der Waals surface area contributed by atoms with Crippen molar-refractivity contribution < 1.29 is 23.9 Å². The molecule has 3 aromatic rings. The number of fused-ring (bicyclic) bond motifs is 1. The van der Waals surface area contributed by atoms with Crippen LogP contribution in [0.1, 0.15) is 12.6 Å². The minimum Gasteiger partial charge on any atom is -0.493 e. The SMILES string of the molecule is COc1cc2cc(COC(C)=O)nc(-c3ccc([N+](=O)[O-])cc3)c2cc1OC. The lowest BCUT2D eigenvalue weighted by molar-refractivity contribution is -0.384. The molecule has 0 amide bonds. The molecule has 0 fully saturated rings. The summed E-state index contributed by atoms with van der Waals surface area (Å²) in [4.78, 5) is 26.2. The highest BCUT2D eigenvalue weighted by Gasteiger charge is 2.15. The van der Waals surface area contributed by atoms with E-state index in [4.69, 9.17) is 14.2 Å². The molecule has 0 radical (unpaired) electrons. The Morgan fingerprint density at radius 2 is 1.71 bits per heavy atom. The molecule has 1 aromatic heterocycles. The van der Waals surface area contributed by atoms with Crippen molar-refractivity contribution in [2.75, 3.05) is 14.2 Å². The van der Waals surface area contributed by atoms with Crippen molar-refractivity contribution in [3.8, 4) is 22.8 Å². The maximum absolute atomic E-state index is 11.2. The van der Waals surface area contributed by atoms with Crippen LogP contribution in [-0.4, -0.2) is 30.1 Å². The van der Waals surface area contributed by atoms with Gasteiger partial charge in [-0.15, -0.1) is 0 Å². The van der Waals surface area contributed by atoms with E-state index in [1.54, 1.807) is 31.4 Å². The van der Waals surface area contributed by atoms with E-state index in [2.05, 4.69) is 4.98 Å². The van der Waals surface area contributed by atoms with Gasteiger partial charge in [-0.05, 0) is 35.7 Å². The monoisotopic (exact) mass is 382 g/mol. The van der Waals surface area contributed by atoms with Crippen molar-refractivity contribution >= 4 is 22.4 Å². The third-order valence-electron chi connectivity index (χ3n) is 4.16. The number of rotatable bonds is 6. The molecule has 28 heavy (non-hydrogen) atoms. The summed E-state index contributed by atoms with van der Waals surface area (Å²) in [6.45, 7) is 1.34. The summed E-state index contributed by atoms with van der Waals surface area (Å²) in [7, 11) is 3.08. The van der Waals surface area contributed by atoms with Crippen LogP contribution in [0.3, 0.4) is 0 Å². The number of ether oxygens (including phenoxy) is 3. The summed E-state index contributed by atoms with van der Waals surface area (Å²) in [6.07, 6.45) is 0. The number of nitro groups is 1. The molecule has 2 aromatic carbocycles. The Balaban J connectivity index is 2.21. The molecule has 0 unspecified atom stereocenters. The van der Waals surface area contributed by atoms with Crippen molar-refractivity contribution in [1.82, 2.24) is 4.98 Å². The van der Waals surface area contributed by atoms with Gasteiger partial charge in [0.05, 0.1) is 30.5 Å². The Kier molecular flexibility index (Phi) is 5.39. The van der Waals surface area contributed by atoms with Crippen LogP contribution in [0, 0.1) is 10.1 Å². The zero-order valence-corrected chi connectivity index (χ0v) is 15.6. The number of hydrogen-bond donors (Lipinski definition) is 0. The van der Waals surface area contributed by atoms with Gasteiger partial charge < -0.3 is 14.2 Å². The second-order valence-corrected chi connectivity index (χ2v) is 5.97. The second-order valence-electron chi connectivity index (χ2n) is 5.97. The van der Waals surface area contributed by atoms with Crippen molar-refractivity contribution in [1.29, 1.82) is 0 Å². The zero-order chi connectivity index (χ0) is 20.3. The molecule has 0 spiro atoms. The van der Waals surface area contributed by atoms with E-state index >= 15 is 0 Å². The number of carbonyl (C=O) groups is 1. The first kappa shape index (κ1) is 19.1. The van der Waals surface area contributed by atoms with Crippen LogP contribution in [-0.2, 0) is 16.1 Å². The molecule has 0 bridgehead atoms. The minimum atomic E-state index is -0.458. The first-order valence-electron chi connectivity index (χ1n) is 8.36. The number of hydrogen-bond acceptors (Lipinski definition) is 7. The van der Waals surface area contributed by atoms with E-state index in [0.29, 0.717) is 28.5 Å². The maximum atomic E-state index is 11.2. The summed E-state index contributed by atoms with van der Waals surface area (Å²) < 4.78 is 15.8. The van der Waals surface area contributed by atoms with E-state index in [1.165, 1.54) is 26.2 Å². The Bertz CT molecular complexity index is 1050. The lowest BCUT2D eigenvalue weighted by Gasteiger charge is -2.14. The van der Waals surface area contributed by atoms with E-state index in [1.807, 2.05) is 6.07 Å². The van der Waals surface area contributed by atoms with Gasteiger partial charge in [-0.25, -0.2) is 4.98 Å². The predicted molar refractivity (Wildman–Crippen MR) is 102 cm³/mol. The molecule has 1 heterocycles. The van der Waals surface area contributed by atoms with Crippen molar-refractivity contribution in [2.45, 2.75) is 13.5 Å². The van der Waals surface area contributed by atoms with Gasteiger partial charge in [0, 0.05) is 30.0 Å². The second kappa shape index (κ2) is 7.91. The van der Waals surface area contributed by atoms with Gasteiger partial charge in [0.1, 0.15) is 6.61 Å². The smallest absolute Gasteiger partial charge is 0.303 e. The van der Waals surface area contributed by atoms with E-state index in [0.717, 1.165) is 10.8 Å². The van der Waals surface area contributed by atoms with Crippen molar-refractivity contribution in [3.63, 3.8) is 0 Å². The summed E-state index contributed by atoms with van der Waals surface area (Å²) in [6, 6.07) is 11.5. The number of methoxy groups -OCH3 is 2. The zero-order valence-electron chi connectivity index (χ0n) is 15.6. The standard InChI is InChI=1S/C20H18N2O6/c1-12(23)28-11-15-8-14-9-18(26-2)19(27-3)10-17(14)20(21-15)13-4-6-16(7-5-13)22(24)25/h4-10H,11H2,1-3H3. The van der Waals surface area contributed by atoms with Crippen LogP contribution >= 0.6 is 0 Å². The molecule has 8 nitrogen and oxygen atoms in total. The lowest BCUT2D eigenvalue weighted by atomic mass is 10.0. The molecule has 3 rings (SSSR count). The molecule has 0 aliphatic rings. The lowest BCUT2D eigenvalue weighted by Crippen LogP contribution is -2.02. The maximum Gasteiger partial charge on any atom is 0.303 e. The van der Waals surface area contributed by atoms with Gasteiger partial charge in [0.25, 0.3) is 5.69 Å². The van der Waals surface area contributed by atoms with Crippen LogP contribution in [0.2, 0.25) is 0 Å². The van der Waals surface area contributed by atoms with E-state index in [9.17, 15) is 14.9 Å². The number of carbonyl (C=O) groups excluding carboxylic acids is 1. The number of nitro benzene ring substituents is 1. The molecule has 0 N–H and O–H groups in total. The highest BCUT2D eigenvalue weighted by Crippen LogP contribution is 2.37. The predicted octanol–water partition coefficient (Wildman–Crippen LogP) is 3.89. The summed E-state index contributed by atoms with van der Waals surface area (Å²) in [5.74, 6) is 0.674.